The fourth-order valence-electron chi connectivity index (χ4n) is 2.67. The number of hydrogen-bond acceptors (Lipinski definition) is 3. The van der Waals surface area contributed by atoms with E-state index in [9.17, 15) is 9.59 Å². The average molecular weight is 319 g/mol. The second kappa shape index (κ2) is 6.75. The molecule has 1 aliphatic rings. The van der Waals surface area contributed by atoms with Gasteiger partial charge in [0.05, 0.1) is 18.6 Å². The van der Waals surface area contributed by atoms with E-state index in [1.807, 2.05) is 41.8 Å². The molecule has 1 saturated heterocycles. The third-order valence-electron chi connectivity index (χ3n) is 3.90. The van der Waals surface area contributed by atoms with Crippen molar-refractivity contribution in [2.24, 2.45) is 0 Å². The number of rotatable bonds is 3. The van der Waals surface area contributed by atoms with Crippen LogP contribution < -0.4 is 12.4 Å². The van der Waals surface area contributed by atoms with E-state index in [4.69, 9.17) is 0 Å². The normalized spacial score (nSPS) is 15.5. The lowest BCUT2D eigenvalue weighted by atomic mass is 10.1. The molecular formula is C16H17ClN3O2-. The van der Waals surface area contributed by atoms with E-state index in [1.165, 1.54) is 11.1 Å². The van der Waals surface area contributed by atoms with Crippen molar-refractivity contribution >= 4 is 11.8 Å². The molecule has 1 aliphatic heterocycles. The molecule has 1 aromatic heterocycles. The number of carbonyl (C=O) groups excluding carboxylic acids is 2. The maximum absolute atomic E-state index is 12.5. The summed E-state index contributed by atoms with van der Waals surface area (Å²) in [5.74, 6) is -0.349. The minimum atomic E-state index is -0.252. The van der Waals surface area contributed by atoms with E-state index >= 15 is 0 Å². The predicted molar refractivity (Wildman–Crippen MR) is 77.8 cm³/mol. The van der Waals surface area contributed by atoms with Gasteiger partial charge in [0.2, 0.25) is 5.91 Å². The summed E-state index contributed by atoms with van der Waals surface area (Å²) in [4.78, 5) is 29.7. The second-order valence-corrected chi connectivity index (χ2v) is 5.23. The average Bonchev–Trinajstić information content (AvgIpc) is 3.15. The Morgan fingerprint density at radius 1 is 1.27 bits per heavy atom. The third-order valence-corrected chi connectivity index (χ3v) is 3.90. The Morgan fingerprint density at radius 3 is 2.64 bits per heavy atom. The van der Waals surface area contributed by atoms with Gasteiger partial charge in [-0.25, -0.2) is 4.98 Å². The van der Waals surface area contributed by atoms with E-state index in [0.29, 0.717) is 18.7 Å². The molecule has 2 aromatic rings. The van der Waals surface area contributed by atoms with Crippen LogP contribution in [0, 0.1) is 0 Å². The van der Waals surface area contributed by atoms with Crippen molar-refractivity contribution in [1.82, 2.24) is 14.5 Å². The maximum atomic E-state index is 12.5. The molecule has 6 heteroatoms. The lowest BCUT2D eigenvalue weighted by Crippen LogP contribution is -3.00. The van der Waals surface area contributed by atoms with Crippen LogP contribution in [0.2, 0.25) is 0 Å². The summed E-state index contributed by atoms with van der Waals surface area (Å²) in [6, 6.07) is 9.91. The van der Waals surface area contributed by atoms with Gasteiger partial charge in [0.15, 0.2) is 0 Å². The van der Waals surface area contributed by atoms with Crippen LogP contribution in [0.3, 0.4) is 0 Å². The summed E-state index contributed by atoms with van der Waals surface area (Å²) in [7, 11) is 0. The van der Waals surface area contributed by atoms with Gasteiger partial charge in [0.25, 0.3) is 5.91 Å². The van der Waals surface area contributed by atoms with Gasteiger partial charge in [-0.05, 0) is 18.9 Å². The van der Waals surface area contributed by atoms with Crippen LogP contribution in [-0.4, -0.2) is 32.8 Å². The molecule has 116 valence electrons. The fourth-order valence-corrected chi connectivity index (χ4v) is 2.67. The van der Waals surface area contributed by atoms with Gasteiger partial charge in [0, 0.05) is 13.0 Å². The molecule has 1 fully saturated rings. The molecule has 5 nitrogen and oxygen atoms in total. The molecule has 0 aliphatic carbocycles. The molecule has 0 spiro atoms. The topological polar surface area (TPSA) is 55.2 Å². The highest BCUT2D eigenvalue weighted by Gasteiger charge is 2.30. The second-order valence-electron chi connectivity index (χ2n) is 5.23. The monoisotopic (exact) mass is 318 g/mol. The SMILES string of the molecule is CC(c1ccccc1)n1cncc1C(=O)N1CCCC1=O.[Cl-]. The highest BCUT2D eigenvalue weighted by Crippen LogP contribution is 2.21. The molecule has 22 heavy (non-hydrogen) atoms. The highest BCUT2D eigenvalue weighted by molar-refractivity contribution is 6.04. The number of carbonyl (C=O) groups is 2. The quantitative estimate of drug-likeness (QED) is 0.701. The Labute approximate surface area is 135 Å². The Bertz CT molecular complexity index is 669. The number of halogens is 1. The summed E-state index contributed by atoms with van der Waals surface area (Å²) < 4.78 is 1.82. The number of amides is 2. The molecule has 2 amide bonds. The Kier molecular flexibility index (Phi) is 4.98. The summed E-state index contributed by atoms with van der Waals surface area (Å²) in [6.07, 6.45) is 4.37. The zero-order chi connectivity index (χ0) is 14.8. The molecule has 0 radical (unpaired) electrons. The number of hydrogen-bond donors (Lipinski definition) is 0. The summed E-state index contributed by atoms with van der Waals surface area (Å²) in [5.41, 5.74) is 1.55. The first kappa shape index (κ1) is 16.2. The minimum absolute atomic E-state index is 0. The van der Waals surface area contributed by atoms with Crippen molar-refractivity contribution in [3.8, 4) is 0 Å². The third kappa shape index (κ3) is 2.90. The van der Waals surface area contributed by atoms with Crippen molar-refractivity contribution in [2.45, 2.75) is 25.8 Å². The number of imide groups is 1. The van der Waals surface area contributed by atoms with Crippen molar-refractivity contribution in [1.29, 1.82) is 0 Å². The Balaban J connectivity index is 0.00000176. The first-order valence-corrected chi connectivity index (χ1v) is 7.10. The van der Waals surface area contributed by atoms with E-state index < -0.39 is 0 Å². The zero-order valence-electron chi connectivity index (χ0n) is 12.3. The summed E-state index contributed by atoms with van der Waals surface area (Å²) in [6.45, 7) is 2.52. The molecule has 3 rings (SSSR count). The number of imidazole rings is 1. The minimum Gasteiger partial charge on any atom is -1.00 e. The van der Waals surface area contributed by atoms with Crippen LogP contribution in [0.25, 0.3) is 0 Å². The number of benzene rings is 1. The first-order chi connectivity index (χ1) is 10.2. The van der Waals surface area contributed by atoms with Crippen molar-refractivity contribution < 1.29 is 22.0 Å². The smallest absolute Gasteiger partial charge is 0.278 e. The summed E-state index contributed by atoms with van der Waals surface area (Å²) in [5, 5.41) is 0. The first-order valence-electron chi connectivity index (χ1n) is 7.10. The lowest BCUT2D eigenvalue weighted by molar-refractivity contribution is -0.125. The molecule has 0 bridgehead atoms. The Hall–Kier alpha value is -2.14. The van der Waals surface area contributed by atoms with E-state index in [0.717, 1.165) is 12.0 Å². The van der Waals surface area contributed by atoms with Crippen LogP contribution in [-0.2, 0) is 4.79 Å². The molecule has 1 aromatic carbocycles. The van der Waals surface area contributed by atoms with Gasteiger partial charge in [-0.15, -0.1) is 0 Å². The predicted octanol–water partition coefficient (Wildman–Crippen LogP) is -0.741. The van der Waals surface area contributed by atoms with E-state index in [2.05, 4.69) is 4.98 Å². The van der Waals surface area contributed by atoms with Gasteiger partial charge in [-0.3, -0.25) is 14.5 Å². The van der Waals surface area contributed by atoms with Gasteiger partial charge in [-0.2, -0.15) is 0 Å². The van der Waals surface area contributed by atoms with Crippen LogP contribution in [0.5, 0.6) is 0 Å². The van der Waals surface area contributed by atoms with E-state index in [-0.39, 0.29) is 30.3 Å². The standard InChI is InChI=1S/C16H17N3O2.ClH/c1-12(13-6-3-2-4-7-13)19-11-17-10-14(19)16(21)18-9-5-8-15(18)20;/h2-4,6-7,10-12H,5,8-9H2,1H3;1H/p-1. The van der Waals surface area contributed by atoms with Crippen LogP contribution in [0.1, 0.15) is 41.9 Å². The number of aromatic nitrogens is 2. The van der Waals surface area contributed by atoms with Crippen LogP contribution in [0.4, 0.5) is 0 Å². The van der Waals surface area contributed by atoms with Crippen molar-refractivity contribution in [3.63, 3.8) is 0 Å². The molecular weight excluding hydrogens is 302 g/mol. The molecule has 0 N–H and O–H groups in total. The summed E-state index contributed by atoms with van der Waals surface area (Å²) >= 11 is 0. The molecule has 2 heterocycles. The van der Waals surface area contributed by atoms with Crippen LogP contribution in [0.15, 0.2) is 42.9 Å². The van der Waals surface area contributed by atoms with Crippen LogP contribution >= 0.6 is 0 Å². The highest BCUT2D eigenvalue weighted by atomic mass is 35.5. The van der Waals surface area contributed by atoms with Gasteiger partial charge >= 0.3 is 0 Å². The molecule has 1 unspecified atom stereocenters. The van der Waals surface area contributed by atoms with Crippen molar-refractivity contribution in [2.75, 3.05) is 6.54 Å². The fraction of sp³-hybridized carbons (Fsp3) is 0.312. The van der Waals surface area contributed by atoms with Gasteiger partial charge < -0.3 is 17.0 Å². The Morgan fingerprint density at radius 2 is 2.00 bits per heavy atom. The van der Waals surface area contributed by atoms with Gasteiger partial charge in [-0.1, -0.05) is 30.3 Å². The molecule has 1 atom stereocenters. The largest absolute Gasteiger partial charge is 1.00 e. The maximum Gasteiger partial charge on any atom is 0.278 e. The lowest BCUT2D eigenvalue weighted by Gasteiger charge is -2.19. The number of likely N-dealkylation sites (tertiary alicyclic amines) is 1. The molecule has 0 saturated carbocycles. The zero-order valence-corrected chi connectivity index (χ0v) is 13.0. The van der Waals surface area contributed by atoms with Crippen molar-refractivity contribution in [3.05, 3.63) is 54.1 Å². The number of nitrogens with zero attached hydrogens (tertiary/aromatic N) is 3. The van der Waals surface area contributed by atoms with E-state index in [1.54, 1.807) is 6.33 Å². The van der Waals surface area contributed by atoms with Gasteiger partial charge in [0.1, 0.15) is 5.69 Å².